The molecular weight excluding hydrogens is 797 g/mol. The highest BCUT2D eigenvalue weighted by Crippen LogP contribution is 2.42. The predicted octanol–water partition coefficient (Wildman–Crippen LogP) is 17.7. The van der Waals surface area contributed by atoms with Gasteiger partial charge in [-0.25, -0.2) is 0 Å². The third kappa shape index (κ3) is 7.02. The summed E-state index contributed by atoms with van der Waals surface area (Å²) in [7, 11) is 0. The molecule has 0 unspecified atom stereocenters. The van der Waals surface area contributed by atoms with Crippen LogP contribution in [0, 0.1) is 0 Å². The van der Waals surface area contributed by atoms with Crippen molar-refractivity contribution in [3.63, 3.8) is 0 Å². The fourth-order valence-corrected chi connectivity index (χ4v) is 9.84. The van der Waals surface area contributed by atoms with E-state index in [1.807, 2.05) is 0 Å². The number of hydrogen-bond acceptors (Lipinski definition) is 1. The lowest BCUT2D eigenvalue weighted by atomic mass is 9.93. The second-order valence-electron chi connectivity index (χ2n) is 16.9. The maximum atomic E-state index is 2.42. The zero-order valence-electron chi connectivity index (χ0n) is 36.3. The van der Waals surface area contributed by atoms with Crippen LogP contribution in [-0.4, -0.2) is 4.57 Å². The van der Waals surface area contributed by atoms with Crippen LogP contribution in [0.3, 0.4) is 0 Å². The molecule has 0 aliphatic heterocycles. The van der Waals surface area contributed by atoms with Gasteiger partial charge in [0.1, 0.15) is 0 Å². The highest BCUT2D eigenvalue weighted by molar-refractivity contribution is 6.10. The van der Waals surface area contributed by atoms with Crippen LogP contribution in [0.1, 0.15) is 0 Å². The Morgan fingerprint density at radius 1 is 0.227 bits per heavy atom. The van der Waals surface area contributed by atoms with Crippen LogP contribution in [0.5, 0.6) is 0 Å². The van der Waals surface area contributed by atoms with Gasteiger partial charge in [-0.1, -0.05) is 212 Å². The van der Waals surface area contributed by atoms with Crippen molar-refractivity contribution in [2.75, 3.05) is 4.90 Å². The molecule has 0 saturated heterocycles. The van der Waals surface area contributed by atoms with Gasteiger partial charge in [-0.2, -0.15) is 0 Å². The summed E-state index contributed by atoms with van der Waals surface area (Å²) in [5, 5.41) is 5.01. The molecule has 0 radical (unpaired) electrons. The van der Waals surface area contributed by atoms with E-state index in [1.165, 1.54) is 82.6 Å². The quantitative estimate of drug-likeness (QED) is 0.141. The number of benzene rings is 11. The molecule has 12 rings (SSSR count). The van der Waals surface area contributed by atoms with E-state index in [-0.39, 0.29) is 0 Å². The summed E-state index contributed by atoms with van der Waals surface area (Å²) in [6.45, 7) is 0. The van der Waals surface area contributed by atoms with E-state index >= 15 is 0 Å². The lowest BCUT2D eigenvalue weighted by molar-refractivity contribution is 1.18. The van der Waals surface area contributed by atoms with Crippen molar-refractivity contribution in [3.05, 3.63) is 267 Å². The fraction of sp³-hybridized carbons (Fsp3) is 0. The molecule has 0 atom stereocenters. The van der Waals surface area contributed by atoms with Crippen molar-refractivity contribution < 1.29 is 0 Å². The van der Waals surface area contributed by atoms with Crippen LogP contribution in [0.25, 0.3) is 93.9 Å². The van der Waals surface area contributed by atoms with E-state index in [0.717, 1.165) is 28.3 Å². The van der Waals surface area contributed by atoms with Gasteiger partial charge in [-0.05, 0) is 115 Å². The third-order valence-electron chi connectivity index (χ3n) is 13.1. The van der Waals surface area contributed by atoms with E-state index in [1.54, 1.807) is 0 Å². The summed E-state index contributed by atoms with van der Waals surface area (Å²) in [6, 6.07) is 96.8. The molecule has 2 heteroatoms. The SMILES string of the molecule is c1ccc(-c2ccc(-c3ccc(N(c4ccc(-c5ccccc5-c5ccccc5-n5c6ccccc6c6ccccc65)cc4)c4ccc(-c5cccc6ccccc56)cc4)cc3)cc2)cc1. The average molecular weight is 841 g/mol. The van der Waals surface area contributed by atoms with Gasteiger partial charge in [0, 0.05) is 33.4 Å². The highest BCUT2D eigenvalue weighted by atomic mass is 15.1. The molecule has 0 amide bonds. The van der Waals surface area contributed by atoms with Crippen LogP contribution in [0.15, 0.2) is 267 Å². The van der Waals surface area contributed by atoms with Crippen LogP contribution < -0.4 is 4.90 Å². The van der Waals surface area contributed by atoms with Gasteiger partial charge in [-0.3, -0.25) is 0 Å². The topological polar surface area (TPSA) is 8.17 Å². The lowest BCUT2D eigenvalue weighted by Crippen LogP contribution is -2.09. The third-order valence-corrected chi connectivity index (χ3v) is 13.1. The molecule has 0 N–H and O–H groups in total. The molecule has 1 heterocycles. The predicted molar refractivity (Wildman–Crippen MR) is 280 cm³/mol. The highest BCUT2D eigenvalue weighted by Gasteiger charge is 2.19. The minimum atomic E-state index is 1.08. The number of nitrogens with zero attached hydrogens (tertiary/aromatic N) is 2. The van der Waals surface area contributed by atoms with E-state index < -0.39 is 0 Å². The maximum Gasteiger partial charge on any atom is 0.0541 e. The van der Waals surface area contributed by atoms with Crippen molar-refractivity contribution in [1.29, 1.82) is 0 Å². The molecule has 0 bridgehead atoms. The summed E-state index contributed by atoms with van der Waals surface area (Å²) in [6.07, 6.45) is 0. The molecule has 1 aromatic heterocycles. The normalized spacial score (nSPS) is 11.3. The summed E-state index contributed by atoms with van der Waals surface area (Å²) in [5.41, 5.74) is 18.8. The molecule has 2 nitrogen and oxygen atoms in total. The molecule has 0 saturated carbocycles. The Bertz CT molecular complexity index is 3600. The summed E-state index contributed by atoms with van der Waals surface area (Å²) in [5.74, 6) is 0. The smallest absolute Gasteiger partial charge is 0.0541 e. The van der Waals surface area contributed by atoms with Gasteiger partial charge in [0.15, 0.2) is 0 Å². The first-order chi connectivity index (χ1) is 32.7. The fourth-order valence-electron chi connectivity index (χ4n) is 9.84. The number of hydrogen-bond donors (Lipinski definition) is 0. The van der Waals surface area contributed by atoms with E-state index in [2.05, 4.69) is 276 Å². The van der Waals surface area contributed by atoms with Crippen molar-refractivity contribution in [1.82, 2.24) is 4.57 Å². The Balaban J connectivity index is 0.925. The van der Waals surface area contributed by atoms with Crippen LogP contribution in [0.2, 0.25) is 0 Å². The zero-order valence-corrected chi connectivity index (χ0v) is 36.3. The number of rotatable bonds is 9. The molecule has 310 valence electrons. The van der Waals surface area contributed by atoms with Crippen LogP contribution in [0.4, 0.5) is 17.1 Å². The van der Waals surface area contributed by atoms with E-state index in [0.29, 0.717) is 0 Å². The summed E-state index contributed by atoms with van der Waals surface area (Å²) < 4.78 is 2.42. The monoisotopic (exact) mass is 840 g/mol. The zero-order chi connectivity index (χ0) is 43.8. The van der Waals surface area contributed by atoms with Crippen molar-refractivity contribution in [2.45, 2.75) is 0 Å². The Labute approximate surface area is 385 Å². The molecule has 12 aromatic rings. The lowest BCUT2D eigenvalue weighted by Gasteiger charge is -2.26. The van der Waals surface area contributed by atoms with Crippen molar-refractivity contribution >= 4 is 49.6 Å². The standard InChI is InChI=1S/C64H44N2/c1-2-15-45(16-3-1)46-29-31-47(32-30-46)48-33-39-52(40-34-48)65(53-41-35-50(36-42-53)56-25-14-18-49-17-4-5-19-55(49)56)54-43-37-51(38-44-54)57-20-6-7-21-58(57)59-22-8-11-26-62(59)66-63-27-12-9-23-60(63)61-24-10-13-28-64(61)66/h1-44H. The Morgan fingerprint density at radius 3 is 1.20 bits per heavy atom. The molecular formula is C64H44N2. The number of aromatic nitrogens is 1. The van der Waals surface area contributed by atoms with Crippen LogP contribution in [-0.2, 0) is 0 Å². The average Bonchev–Trinajstić information content (AvgIpc) is 3.74. The maximum absolute atomic E-state index is 2.42. The summed E-state index contributed by atoms with van der Waals surface area (Å²) in [4.78, 5) is 2.36. The Morgan fingerprint density at radius 2 is 0.606 bits per heavy atom. The summed E-state index contributed by atoms with van der Waals surface area (Å²) >= 11 is 0. The van der Waals surface area contributed by atoms with E-state index in [9.17, 15) is 0 Å². The Kier molecular flexibility index (Phi) is 9.89. The Hall–Kier alpha value is -8.72. The largest absolute Gasteiger partial charge is 0.311 e. The molecule has 0 aliphatic rings. The number of para-hydroxylation sites is 3. The first-order valence-corrected chi connectivity index (χ1v) is 22.7. The van der Waals surface area contributed by atoms with E-state index in [4.69, 9.17) is 0 Å². The minimum absolute atomic E-state index is 1.08. The molecule has 0 fully saturated rings. The van der Waals surface area contributed by atoms with Gasteiger partial charge in [0.05, 0.1) is 16.7 Å². The number of fused-ring (bicyclic) bond motifs is 4. The second kappa shape index (κ2) is 16.8. The molecule has 0 spiro atoms. The molecule has 0 aliphatic carbocycles. The van der Waals surface area contributed by atoms with Gasteiger partial charge >= 0.3 is 0 Å². The van der Waals surface area contributed by atoms with Crippen LogP contribution >= 0.6 is 0 Å². The second-order valence-corrected chi connectivity index (χ2v) is 16.9. The first kappa shape index (κ1) is 38.9. The minimum Gasteiger partial charge on any atom is -0.311 e. The van der Waals surface area contributed by atoms with Crippen molar-refractivity contribution in [2.24, 2.45) is 0 Å². The van der Waals surface area contributed by atoms with Gasteiger partial charge in [0.25, 0.3) is 0 Å². The first-order valence-electron chi connectivity index (χ1n) is 22.7. The van der Waals surface area contributed by atoms with Crippen molar-refractivity contribution in [3.8, 4) is 61.3 Å². The van der Waals surface area contributed by atoms with Gasteiger partial charge < -0.3 is 9.47 Å². The van der Waals surface area contributed by atoms with Gasteiger partial charge in [-0.15, -0.1) is 0 Å². The molecule has 66 heavy (non-hydrogen) atoms. The molecule has 11 aromatic carbocycles. The number of anilines is 3. The van der Waals surface area contributed by atoms with Gasteiger partial charge in [0.2, 0.25) is 0 Å².